The van der Waals surface area contributed by atoms with Crippen LogP contribution in [0.1, 0.15) is 0 Å². The van der Waals surface area contributed by atoms with Gasteiger partial charge in [0.05, 0.1) is 79.3 Å². The molecule has 0 saturated carbocycles. The van der Waals surface area contributed by atoms with Gasteiger partial charge in [-0.15, -0.1) is 0 Å². The fourth-order valence-electron chi connectivity index (χ4n) is 1.32. The van der Waals surface area contributed by atoms with Crippen LogP contribution in [0.5, 0.6) is 0 Å². The Morgan fingerprint density at radius 2 is 0.548 bits per heavy atom. The number of ether oxygens (including phenoxy) is 6. The second-order valence-corrected chi connectivity index (χ2v) is 5.81. The van der Waals surface area contributed by atoms with Gasteiger partial charge in [-0.05, 0) is 0 Å². The summed E-state index contributed by atoms with van der Waals surface area (Å²) >= 11 is 0. The molecule has 1 saturated heterocycles. The van der Waals surface area contributed by atoms with Crippen LogP contribution in [0.25, 0.3) is 0 Å². The van der Waals surface area contributed by atoms with Gasteiger partial charge in [0, 0.05) is 28.2 Å². The molecule has 0 atom stereocenters. The zero-order chi connectivity index (χ0) is 21.3. The minimum atomic E-state index is 0. The first-order chi connectivity index (χ1) is 13.5. The Morgan fingerprint density at radius 3 is 0.613 bits per heavy atom. The molecule has 2 amide bonds. The van der Waals surface area contributed by atoms with Crippen LogP contribution in [0.3, 0.4) is 0 Å². The number of hydrogen-bond acceptors (Lipinski definition) is 8. The smallest absolute Gasteiger partial charge is 1.00 e. The molecule has 0 radical (unpaired) electrons. The summed E-state index contributed by atoms with van der Waals surface area (Å²) < 4.78 is 32.0. The summed E-state index contributed by atoms with van der Waals surface area (Å²) in [6.45, 7) is 7.04. The van der Waals surface area contributed by atoms with Crippen LogP contribution in [0.2, 0.25) is 0 Å². The number of halogens is 2. The predicted octanol–water partition coefficient (Wildman–Crippen LogP) is -6.86. The molecule has 1 fully saturated rings. The van der Waals surface area contributed by atoms with Crippen LogP contribution < -0.4 is 48.0 Å². The first kappa shape index (κ1) is 42.6. The van der Waals surface area contributed by atoms with Gasteiger partial charge in [-0.25, -0.2) is 0 Å². The van der Waals surface area contributed by atoms with Crippen molar-refractivity contribution in [1.82, 2.24) is 9.80 Å². The molecule has 0 bridgehead atoms. The maximum absolute atomic E-state index is 9.43. The summed E-state index contributed by atoms with van der Waals surface area (Å²) in [7, 11) is 6.75. The maximum atomic E-state index is 9.43. The third-order valence-electron chi connectivity index (χ3n) is 2.65. The van der Waals surface area contributed by atoms with Crippen molar-refractivity contribution >= 4 is 50.6 Å². The van der Waals surface area contributed by atoms with E-state index in [4.69, 9.17) is 28.4 Å². The van der Waals surface area contributed by atoms with E-state index in [0.29, 0.717) is 79.3 Å². The van der Waals surface area contributed by atoms with Crippen molar-refractivity contribution in [2.24, 2.45) is 0 Å². The summed E-state index contributed by atoms with van der Waals surface area (Å²) in [5.41, 5.74) is 0. The van der Waals surface area contributed by atoms with Gasteiger partial charge in [0.25, 0.3) is 0 Å². The fourth-order valence-corrected chi connectivity index (χ4v) is 1.32. The first-order valence-electron chi connectivity index (χ1n) is 9.24. The second kappa shape index (κ2) is 38.7. The van der Waals surface area contributed by atoms with Crippen LogP contribution in [-0.4, -0.2) is 168 Å². The molecule has 1 rings (SSSR count). The van der Waals surface area contributed by atoms with Crippen LogP contribution >= 0.6 is 0 Å². The number of rotatable bonds is 2. The van der Waals surface area contributed by atoms with E-state index in [9.17, 15) is 9.59 Å². The van der Waals surface area contributed by atoms with E-state index in [1.54, 1.807) is 28.2 Å². The monoisotopic (exact) mass is 704 g/mol. The Kier molecular flexibility index (Phi) is 53.1. The van der Waals surface area contributed by atoms with E-state index in [1.165, 1.54) is 9.80 Å². The summed E-state index contributed by atoms with van der Waals surface area (Å²) in [6, 6.07) is 0. The van der Waals surface area contributed by atoms with Crippen LogP contribution in [0, 0.1) is 0 Å². The van der Waals surface area contributed by atoms with Gasteiger partial charge >= 0.3 is 37.7 Å². The van der Waals surface area contributed by atoms with Crippen molar-refractivity contribution in [3.63, 3.8) is 0 Å². The van der Waals surface area contributed by atoms with Crippen molar-refractivity contribution < 1.29 is 86.0 Å². The number of amides is 2. The summed E-state index contributed by atoms with van der Waals surface area (Å²) in [4.78, 5) is 21.8. The van der Waals surface area contributed by atoms with E-state index in [1.807, 2.05) is 0 Å². The molecule has 0 aromatic rings. The van der Waals surface area contributed by atoms with Gasteiger partial charge < -0.3 is 86.2 Å². The Hall–Kier alpha value is 1.42. The van der Waals surface area contributed by atoms with Crippen molar-refractivity contribution in [2.75, 3.05) is 107 Å². The SMILES string of the molecule is C1COCCOCCOCCOCCOCCO1.CN(C)C=O.CN(C)C=O.[Ca+2].[I-].[I-]. The van der Waals surface area contributed by atoms with Crippen molar-refractivity contribution in [3.05, 3.63) is 0 Å². The second-order valence-electron chi connectivity index (χ2n) is 5.81. The number of carbonyl (C=O) groups is 2. The Labute approximate surface area is 251 Å². The van der Waals surface area contributed by atoms with E-state index in [-0.39, 0.29) is 85.7 Å². The molecule has 0 unspecified atom stereocenters. The van der Waals surface area contributed by atoms with Gasteiger partial charge in [-0.1, -0.05) is 0 Å². The van der Waals surface area contributed by atoms with Crippen molar-refractivity contribution in [1.29, 1.82) is 0 Å². The molecular weight excluding hydrogens is 666 g/mol. The topological polar surface area (TPSA) is 96.0 Å². The molecule has 0 N–H and O–H groups in total. The first-order valence-corrected chi connectivity index (χ1v) is 9.24. The average molecular weight is 704 g/mol. The molecule has 13 heteroatoms. The molecule has 31 heavy (non-hydrogen) atoms. The zero-order valence-electron chi connectivity index (χ0n) is 19.3. The minimum absolute atomic E-state index is 0. The van der Waals surface area contributed by atoms with E-state index >= 15 is 0 Å². The Morgan fingerprint density at radius 1 is 0.452 bits per heavy atom. The van der Waals surface area contributed by atoms with Gasteiger partial charge in [0.2, 0.25) is 12.8 Å². The molecule has 0 aliphatic carbocycles. The summed E-state index contributed by atoms with van der Waals surface area (Å²) in [5.74, 6) is 0. The molecule has 0 aromatic heterocycles. The van der Waals surface area contributed by atoms with E-state index in [0.717, 1.165) is 12.8 Å². The standard InChI is InChI=1S/C12H24O6.2C3H7NO.Ca.2HI/c1-2-14-5-6-16-9-10-18-12-11-17-8-7-15-4-3-13-1;2*1-4(2)3-5;;;/h1-12H2;2*3H,1-2H3;;2*1H/q;;;+2;;/p-2. The third-order valence-corrected chi connectivity index (χ3v) is 2.65. The number of carbonyl (C=O) groups excluding carboxylic acids is 2. The van der Waals surface area contributed by atoms with E-state index < -0.39 is 0 Å². The molecule has 10 nitrogen and oxygen atoms in total. The molecule has 0 spiro atoms. The molecule has 0 aromatic carbocycles. The summed E-state index contributed by atoms with van der Waals surface area (Å²) in [6.07, 6.45) is 1.50. The quantitative estimate of drug-likeness (QED) is 0.159. The van der Waals surface area contributed by atoms with Crippen molar-refractivity contribution in [2.45, 2.75) is 0 Å². The summed E-state index contributed by atoms with van der Waals surface area (Å²) in [5, 5.41) is 0. The zero-order valence-corrected chi connectivity index (χ0v) is 25.8. The number of hydrogen-bond donors (Lipinski definition) is 0. The predicted molar refractivity (Wildman–Crippen MR) is 110 cm³/mol. The van der Waals surface area contributed by atoms with Gasteiger partial charge in [0.15, 0.2) is 0 Å². The van der Waals surface area contributed by atoms with Gasteiger partial charge in [0.1, 0.15) is 0 Å². The van der Waals surface area contributed by atoms with E-state index in [2.05, 4.69) is 0 Å². The molecule has 1 aliphatic rings. The molecule has 1 heterocycles. The Balaban J connectivity index is -0.000000147. The van der Waals surface area contributed by atoms with Crippen LogP contribution in [-0.2, 0) is 38.0 Å². The Bertz CT molecular complexity index is 250. The number of nitrogens with zero attached hydrogens (tertiary/aromatic N) is 2. The normalized spacial score (nSPS) is 16.1. The molecular formula is C18H38CaI2N2O8. The molecule has 184 valence electrons. The van der Waals surface area contributed by atoms with Crippen LogP contribution in [0.4, 0.5) is 0 Å². The molecule has 1 aliphatic heterocycles. The fraction of sp³-hybridized carbons (Fsp3) is 0.889. The maximum Gasteiger partial charge on any atom is 2.00 e. The third kappa shape index (κ3) is 49.6. The largest absolute Gasteiger partial charge is 2.00 e. The van der Waals surface area contributed by atoms with Gasteiger partial charge in [-0.2, -0.15) is 0 Å². The minimum Gasteiger partial charge on any atom is -1.00 e. The van der Waals surface area contributed by atoms with Gasteiger partial charge in [-0.3, -0.25) is 9.59 Å². The van der Waals surface area contributed by atoms with Crippen molar-refractivity contribution in [3.8, 4) is 0 Å². The average Bonchev–Trinajstić information content (AvgIpc) is 2.69. The van der Waals surface area contributed by atoms with Crippen LogP contribution in [0.15, 0.2) is 0 Å².